The lowest BCUT2D eigenvalue weighted by atomic mass is 10.1. The smallest absolute Gasteiger partial charge is 0.306 e. The van der Waals surface area contributed by atoms with Gasteiger partial charge in [0, 0.05) is 12.2 Å². The number of hydrogen-bond acceptors (Lipinski definition) is 5. The van der Waals surface area contributed by atoms with Crippen molar-refractivity contribution in [3.63, 3.8) is 0 Å². The Morgan fingerprint density at radius 3 is 2.81 bits per heavy atom. The van der Waals surface area contributed by atoms with E-state index < -0.39 is 0 Å². The molecule has 3 nitrogen and oxygen atoms in total. The van der Waals surface area contributed by atoms with Gasteiger partial charge >= 0.3 is 5.97 Å². The third kappa shape index (κ3) is 5.46. The molecule has 0 bridgehead atoms. The molecule has 16 heavy (non-hydrogen) atoms. The van der Waals surface area contributed by atoms with Gasteiger partial charge in [0.25, 0.3) is 0 Å². The Morgan fingerprint density at radius 2 is 2.25 bits per heavy atom. The monoisotopic (exact) mass is 263 g/mol. The summed E-state index contributed by atoms with van der Waals surface area (Å²) in [7, 11) is 3.65. The third-order valence-corrected chi connectivity index (χ3v) is 5.51. The Kier molecular flexibility index (Phi) is 6.00. The zero-order valence-corrected chi connectivity index (χ0v) is 11.7. The van der Waals surface area contributed by atoms with Crippen LogP contribution < -0.4 is 5.73 Å². The second kappa shape index (κ2) is 6.77. The van der Waals surface area contributed by atoms with Crippen LogP contribution >= 0.6 is 21.6 Å². The van der Waals surface area contributed by atoms with Gasteiger partial charge in [-0.1, -0.05) is 28.0 Å². The van der Waals surface area contributed by atoms with Gasteiger partial charge in [0.05, 0.1) is 11.0 Å². The molecule has 1 heterocycles. The Labute approximate surface area is 106 Å². The lowest BCUT2D eigenvalue weighted by molar-refractivity contribution is -0.147. The highest BCUT2D eigenvalue weighted by Crippen LogP contribution is 2.45. The summed E-state index contributed by atoms with van der Waals surface area (Å²) in [6.45, 7) is 3.75. The number of nitrogens with two attached hydrogens (primary N) is 1. The molecule has 0 aromatic rings. The maximum Gasteiger partial charge on any atom is 0.306 e. The normalized spacial score (nSPS) is 25.0. The van der Waals surface area contributed by atoms with Gasteiger partial charge in [0.2, 0.25) is 0 Å². The predicted molar refractivity (Wildman–Crippen MR) is 71.3 cm³/mol. The first-order chi connectivity index (χ1) is 7.52. The van der Waals surface area contributed by atoms with E-state index in [1.165, 1.54) is 0 Å². The van der Waals surface area contributed by atoms with E-state index in [1.54, 1.807) is 10.8 Å². The SMILES string of the molecule is CC(C)OC(=O)CCCCC1(N)CCSS1. The standard InChI is InChI=1S/C11H21NO2S2/c1-9(2)14-10(13)5-3-4-6-11(12)7-8-15-16-11/h9H,3-8,12H2,1-2H3. The molecule has 94 valence electrons. The maximum atomic E-state index is 11.3. The first-order valence-corrected chi connectivity index (χ1v) is 8.13. The van der Waals surface area contributed by atoms with Crippen LogP contribution in [0.5, 0.6) is 0 Å². The van der Waals surface area contributed by atoms with Gasteiger partial charge in [0.1, 0.15) is 0 Å². The zero-order valence-electron chi connectivity index (χ0n) is 10.0. The Hall–Kier alpha value is 0.130. The fourth-order valence-electron chi connectivity index (χ4n) is 1.60. The van der Waals surface area contributed by atoms with Crippen molar-refractivity contribution in [3.8, 4) is 0 Å². The molecule has 2 N–H and O–H groups in total. The van der Waals surface area contributed by atoms with Crippen LogP contribution in [-0.4, -0.2) is 22.7 Å². The predicted octanol–water partition coefficient (Wildman–Crippen LogP) is 2.94. The highest BCUT2D eigenvalue weighted by molar-refractivity contribution is 8.77. The molecule has 0 aromatic carbocycles. The van der Waals surface area contributed by atoms with Crippen LogP contribution in [0.15, 0.2) is 0 Å². The van der Waals surface area contributed by atoms with Gasteiger partial charge in [-0.2, -0.15) is 0 Å². The summed E-state index contributed by atoms with van der Waals surface area (Å²) in [5.74, 6) is 1.06. The van der Waals surface area contributed by atoms with Gasteiger partial charge in [-0.25, -0.2) is 0 Å². The molecule has 5 heteroatoms. The van der Waals surface area contributed by atoms with Gasteiger partial charge in [-0.15, -0.1) is 0 Å². The molecule has 1 fully saturated rings. The molecule has 0 aliphatic carbocycles. The summed E-state index contributed by atoms with van der Waals surface area (Å²) in [6.07, 6.45) is 4.49. The van der Waals surface area contributed by atoms with Crippen LogP contribution in [0.3, 0.4) is 0 Å². The minimum absolute atomic E-state index is 0.00450. The number of carbonyl (C=O) groups is 1. The average Bonchev–Trinajstić information content (AvgIpc) is 2.59. The van der Waals surface area contributed by atoms with Crippen LogP contribution in [0, 0.1) is 0 Å². The van der Waals surface area contributed by atoms with Crippen LogP contribution in [0.2, 0.25) is 0 Å². The molecule has 0 spiro atoms. The molecule has 0 amide bonds. The van der Waals surface area contributed by atoms with Crippen LogP contribution in [-0.2, 0) is 9.53 Å². The van der Waals surface area contributed by atoms with Crippen molar-refractivity contribution in [2.45, 2.75) is 56.9 Å². The van der Waals surface area contributed by atoms with E-state index in [-0.39, 0.29) is 16.9 Å². The topological polar surface area (TPSA) is 52.3 Å². The van der Waals surface area contributed by atoms with E-state index in [0.29, 0.717) is 6.42 Å². The van der Waals surface area contributed by atoms with Crippen molar-refractivity contribution in [3.05, 3.63) is 0 Å². The van der Waals surface area contributed by atoms with E-state index >= 15 is 0 Å². The van der Waals surface area contributed by atoms with Crippen LogP contribution in [0.4, 0.5) is 0 Å². The summed E-state index contributed by atoms with van der Waals surface area (Å²) in [5.41, 5.74) is 6.18. The van der Waals surface area contributed by atoms with Crippen molar-refractivity contribution in [1.82, 2.24) is 0 Å². The molecule has 1 atom stereocenters. The highest BCUT2D eigenvalue weighted by atomic mass is 33.1. The van der Waals surface area contributed by atoms with Crippen molar-refractivity contribution < 1.29 is 9.53 Å². The van der Waals surface area contributed by atoms with E-state index in [0.717, 1.165) is 31.4 Å². The molecular weight excluding hydrogens is 242 g/mol. The first-order valence-electron chi connectivity index (χ1n) is 5.81. The van der Waals surface area contributed by atoms with E-state index in [9.17, 15) is 4.79 Å². The highest BCUT2D eigenvalue weighted by Gasteiger charge is 2.30. The van der Waals surface area contributed by atoms with Crippen molar-refractivity contribution in [1.29, 1.82) is 0 Å². The van der Waals surface area contributed by atoms with Crippen LogP contribution in [0.1, 0.15) is 46.0 Å². The average molecular weight is 263 g/mol. The summed E-state index contributed by atoms with van der Waals surface area (Å²) in [4.78, 5) is 11.2. The molecule has 1 aliphatic heterocycles. The van der Waals surface area contributed by atoms with Gasteiger partial charge < -0.3 is 10.5 Å². The zero-order chi connectivity index (χ0) is 12.0. The van der Waals surface area contributed by atoms with Crippen molar-refractivity contribution in [2.75, 3.05) is 5.75 Å². The minimum atomic E-state index is -0.0884. The van der Waals surface area contributed by atoms with Gasteiger partial charge in [-0.05, 0) is 33.1 Å². The van der Waals surface area contributed by atoms with Crippen molar-refractivity contribution in [2.24, 2.45) is 5.73 Å². The molecule has 1 aliphatic rings. The molecule has 1 saturated heterocycles. The van der Waals surface area contributed by atoms with E-state index in [1.807, 2.05) is 24.6 Å². The minimum Gasteiger partial charge on any atom is -0.463 e. The summed E-state index contributed by atoms with van der Waals surface area (Å²) in [5, 5.41) is 0. The molecule has 1 rings (SSSR count). The number of unbranched alkanes of at least 4 members (excludes halogenated alkanes) is 1. The van der Waals surface area contributed by atoms with Crippen LogP contribution in [0.25, 0.3) is 0 Å². The molecule has 0 aromatic heterocycles. The van der Waals surface area contributed by atoms with Gasteiger partial charge in [0.15, 0.2) is 0 Å². The van der Waals surface area contributed by atoms with E-state index in [4.69, 9.17) is 10.5 Å². The number of esters is 1. The van der Waals surface area contributed by atoms with Crippen molar-refractivity contribution >= 4 is 27.6 Å². The number of carbonyl (C=O) groups excluding carboxylic acids is 1. The number of ether oxygens (including phenoxy) is 1. The second-order valence-electron chi connectivity index (χ2n) is 4.47. The first kappa shape index (κ1) is 14.2. The fraction of sp³-hybridized carbons (Fsp3) is 0.909. The summed E-state index contributed by atoms with van der Waals surface area (Å²) >= 11 is 0. The second-order valence-corrected chi connectivity index (χ2v) is 7.30. The molecule has 1 unspecified atom stereocenters. The van der Waals surface area contributed by atoms with E-state index in [2.05, 4.69) is 0 Å². The Morgan fingerprint density at radius 1 is 1.50 bits per heavy atom. The summed E-state index contributed by atoms with van der Waals surface area (Å²) in [6, 6.07) is 0. The lowest BCUT2D eigenvalue weighted by Gasteiger charge is -2.20. The molecule has 0 radical (unpaired) electrons. The number of hydrogen-bond donors (Lipinski definition) is 1. The largest absolute Gasteiger partial charge is 0.463 e. The summed E-state index contributed by atoms with van der Waals surface area (Å²) < 4.78 is 5.07. The Balaban J connectivity index is 2.05. The quantitative estimate of drug-likeness (QED) is 0.453. The van der Waals surface area contributed by atoms with Gasteiger partial charge in [-0.3, -0.25) is 4.79 Å². The fourth-order valence-corrected chi connectivity index (χ4v) is 4.61. The Bertz CT molecular complexity index is 228. The molecule has 0 saturated carbocycles. The third-order valence-electron chi connectivity index (χ3n) is 2.43. The lowest BCUT2D eigenvalue weighted by Crippen LogP contribution is -2.32. The molecular formula is C11H21NO2S2. The maximum absolute atomic E-state index is 11.3. The number of rotatable bonds is 6.